The highest BCUT2D eigenvalue weighted by molar-refractivity contribution is 9.10. The number of halogens is 1. The maximum Gasteiger partial charge on any atom is 0.175 e. The Morgan fingerprint density at radius 3 is 2.65 bits per heavy atom. The van der Waals surface area contributed by atoms with Crippen LogP contribution in [0.4, 0.5) is 0 Å². The molecule has 2 aromatic carbocycles. The molecule has 140 valence electrons. The molecular formula is C20H25BrN2O3. The maximum absolute atomic E-state index is 5.85. The van der Waals surface area contributed by atoms with Crippen LogP contribution in [0.1, 0.15) is 31.9 Å². The van der Waals surface area contributed by atoms with Crippen molar-refractivity contribution in [1.29, 1.82) is 0 Å². The monoisotopic (exact) mass is 420 g/mol. The lowest BCUT2D eigenvalue weighted by atomic mass is 10.2. The minimum atomic E-state index is 0.0625. The van der Waals surface area contributed by atoms with Gasteiger partial charge in [0, 0.05) is 5.56 Å². The lowest BCUT2D eigenvalue weighted by Crippen LogP contribution is -2.09. The minimum absolute atomic E-state index is 0.0625. The summed E-state index contributed by atoms with van der Waals surface area (Å²) in [7, 11) is 1.66. The zero-order chi connectivity index (χ0) is 18.9. The third kappa shape index (κ3) is 5.66. The van der Waals surface area contributed by atoms with E-state index in [1.165, 1.54) is 0 Å². The lowest BCUT2D eigenvalue weighted by molar-refractivity contribution is 0.222. The number of nitrogens with one attached hydrogen (secondary N) is 1. The largest absolute Gasteiger partial charge is 0.496 e. The van der Waals surface area contributed by atoms with E-state index >= 15 is 0 Å². The molecule has 1 N–H and O–H groups in total. The van der Waals surface area contributed by atoms with Crippen molar-refractivity contribution in [1.82, 2.24) is 5.43 Å². The van der Waals surface area contributed by atoms with E-state index in [9.17, 15) is 0 Å². The number of hydrazone groups is 1. The molecule has 2 aromatic rings. The van der Waals surface area contributed by atoms with Gasteiger partial charge in [0.25, 0.3) is 0 Å². The first-order chi connectivity index (χ1) is 12.5. The molecule has 0 aliphatic carbocycles. The van der Waals surface area contributed by atoms with Crippen LogP contribution in [0.2, 0.25) is 0 Å². The molecule has 0 unspecified atom stereocenters. The van der Waals surface area contributed by atoms with Crippen molar-refractivity contribution in [3.8, 4) is 17.2 Å². The molecule has 0 fully saturated rings. The Kier molecular flexibility index (Phi) is 7.78. The van der Waals surface area contributed by atoms with Crippen LogP contribution in [0.25, 0.3) is 0 Å². The Balaban J connectivity index is 2.09. The SMILES string of the molecule is CCOc1cc(/C=N/NCc2ccccc2OC)cc(Br)c1OC(C)C. The van der Waals surface area contributed by atoms with Crippen LogP contribution in [-0.4, -0.2) is 26.0 Å². The van der Waals surface area contributed by atoms with Crippen LogP contribution in [0.15, 0.2) is 46.0 Å². The van der Waals surface area contributed by atoms with Crippen molar-refractivity contribution in [2.24, 2.45) is 5.10 Å². The molecular weight excluding hydrogens is 396 g/mol. The average Bonchev–Trinajstić information content (AvgIpc) is 2.62. The summed E-state index contributed by atoms with van der Waals surface area (Å²) in [6, 6.07) is 11.7. The molecule has 0 radical (unpaired) electrons. The molecule has 0 atom stereocenters. The summed E-state index contributed by atoms with van der Waals surface area (Å²) in [5.41, 5.74) is 5.00. The number of benzene rings is 2. The normalized spacial score (nSPS) is 11.0. The van der Waals surface area contributed by atoms with Crippen molar-refractivity contribution in [3.05, 3.63) is 52.0 Å². The molecule has 5 nitrogen and oxygen atoms in total. The zero-order valence-electron chi connectivity index (χ0n) is 15.6. The Hall–Kier alpha value is -2.21. The van der Waals surface area contributed by atoms with Crippen LogP contribution in [-0.2, 0) is 6.54 Å². The van der Waals surface area contributed by atoms with Crippen molar-refractivity contribution < 1.29 is 14.2 Å². The van der Waals surface area contributed by atoms with Gasteiger partial charge in [-0.3, -0.25) is 0 Å². The van der Waals surface area contributed by atoms with E-state index < -0.39 is 0 Å². The van der Waals surface area contributed by atoms with Gasteiger partial charge in [0.2, 0.25) is 0 Å². The molecule has 6 heteroatoms. The fraction of sp³-hybridized carbons (Fsp3) is 0.350. The van der Waals surface area contributed by atoms with Gasteiger partial charge >= 0.3 is 0 Å². The van der Waals surface area contributed by atoms with Crippen molar-refractivity contribution in [3.63, 3.8) is 0 Å². The molecule has 0 bridgehead atoms. The highest BCUT2D eigenvalue weighted by Crippen LogP contribution is 2.37. The zero-order valence-corrected chi connectivity index (χ0v) is 17.2. The Morgan fingerprint density at radius 2 is 1.96 bits per heavy atom. The Labute approximate surface area is 163 Å². The fourth-order valence-corrected chi connectivity index (χ4v) is 2.93. The summed E-state index contributed by atoms with van der Waals surface area (Å²) in [5.74, 6) is 2.24. The quantitative estimate of drug-likeness (QED) is 0.468. The van der Waals surface area contributed by atoms with E-state index in [1.54, 1.807) is 13.3 Å². The molecule has 0 amide bonds. The molecule has 0 aromatic heterocycles. The number of para-hydroxylation sites is 1. The second-order valence-electron chi connectivity index (χ2n) is 5.83. The highest BCUT2D eigenvalue weighted by Gasteiger charge is 2.13. The molecule has 0 spiro atoms. The number of rotatable bonds is 9. The van der Waals surface area contributed by atoms with Gasteiger partial charge in [0.15, 0.2) is 11.5 Å². The van der Waals surface area contributed by atoms with Crippen molar-refractivity contribution in [2.45, 2.75) is 33.4 Å². The second kappa shape index (κ2) is 10.1. The van der Waals surface area contributed by atoms with Crippen LogP contribution in [0, 0.1) is 0 Å². The first-order valence-corrected chi connectivity index (χ1v) is 9.35. The Bertz CT molecular complexity index is 748. The molecule has 0 aliphatic heterocycles. The number of ether oxygens (including phenoxy) is 3. The highest BCUT2D eigenvalue weighted by atomic mass is 79.9. The van der Waals surface area contributed by atoms with Crippen LogP contribution in [0.5, 0.6) is 17.2 Å². The summed E-state index contributed by atoms with van der Waals surface area (Å²) in [5, 5.41) is 4.30. The fourth-order valence-electron chi connectivity index (χ4n) is 2.38. The number of hydrogen-bond donors (Lipinski definition) is 1. The van der Waals surface area contributed by atoms with E-state index in [-0.39, 0.29) is 6.10 Å². The van der Waals surface area contributed by atoms with E-state index in [0.29, 0.717) is 24.7 Å². The van der Waals surface area contributed by atoms with Crippen LogP contribution < -0.4 is 19.6 Å². The smallest absolute Gasteiger partial charge is 0.175 e. The third-order valence-corrected chi connectivity index (χ3v) is 4.04. The van der Waals surface area contributed by atoms with Gasteiger partial charge in [0.1, 0.15) is 5.75 Å². The molecule has 0 saturated heterocycles. The van der Waals surface area contributed by atoms with E-state index in [0.717, 1.165) is 21.3 Å². The predicted octanol–water partition coefficient (Wildman–Crippen LogP) is 4.77. The number of methoxy groups -OCH3 is 1. The summed E-state index contributed by atoms with van der Waals surface area (Å²) in [6.07, 6.45) is 1.81. The Morgan fingerprint density at radius 1 is 1.19 bits per heavy atom. The summed E-state index contributed by atoms with van der Waals surface area (Å²) in [6.45, 7) is 7.06. The van der Waals surface area contributed by atoms with Crippen LogP contribution >= 0.6 is 15.9 Å². The van der Waals surface area contributed by atoms with E-state index in [1.807, 2.05) is 57.2 Å². The van der Waals surface area contributed by atoms with Crippen molar-refractivity contribution >= 4 is 22.1 Å². The van der Waals surface area contributed by atoms with Gasteiger partial charge < -0.3 is 19.6 Å². The summed E-state index contributed by atoms with van der Waals surface area (Å²) >= 11 is 3.56. The van der Waals surface area contributed by atoms with Crippen LogP contribution in [0.3, 0.4) is 0 Å². The minimum Gasteiger partial charge on any atom is -0.496 e. The molecule has 0 aliphatic rings. The van der Waals surface area contributed by atoms with Gasteiger partial charge in [-0.2, -0.15) is 5.10 Å². The first-order valence-electron chi connectivity index (χ1n) is 8.56. The number of hydrogen-bond acceptors (Lipinski definition) is 5. The maximum atomic E-state index is 5.85. The van der Waals surface area contributed by atoms with Gasteiger partial charge in [0.05, 0.1) is 37.1 Å². The third-order valence-electron chi connectivity index (χ3n) is 3.45. The topological polar surface area (TPSA) is 52.1 Å². The van der Waals surface area contributed by atoms with Gasteiger partial charge in [-0.15, -0.1) is 0 Å². The van der Waals surface area contributed by atoms with Gasteiger partial charge in [-0.05, 0) is 60.5 Å². The molecule has 0 heterocycles. The van der Waals surface area contributed by atoms with E-state index in [4.69, 9.17) is 14.2 Å². The molecule has 2 rings (SSSR count). The average molecular weight is 421 g/mol. The van der Waals surface area contributed by atoms with Gasteiger partial charge in [-0.1, -0.05) is 18.2 Å². The first kappa shape index (κ1) is 20.1. The van der Waals surface area contributed by atoms with Gasteiger partial charge in [-0.25, -0.2) is 0 Å². The molecule has 26 heavy (non-hydrogen) atoms. The second-order valence-corrected chi connectivity index (χ2v) is 6.69. The van der Waals surface area contributed by atoms with E-state index in [2.05, 4.69) is 26.5 Å². The summed E-state index contributed by atoms with van der Waals surface area (Å²) in [4.78, 5) is 0. The molecule has 0 saturated carbocycles. The predicted molar refractivity (Wildman–Crippen MR) is 109 cm³/mol. The lowest BCUT2D eigenvalue weighted by Gasteiger charge is -2.16. The van der Waals surface area contributed by atoms with Crippen molar-refractivity contribution in [2.75, 3.05) is 13.7 Å². The standard InChI is InChI=1S/C20H25BrN2O3/c1-5-25-19-11-15(10-17(21)20(19)26-14(2)3)12-22-23-13-16-8-6-7-9-18(16)24-4/h6-12,14,23H,5,13H2,1-4H3/b22-12+. The summed E-state index contributed by atoms with van der Waals surface area (Å²) < 4.78 is 17.7. The number of nitrogens with zero attached hydrogens (tertiary/aromatic N) is 1.